The van der Waals surface area contributed by atoms with Gasteiger partial charge in [-0.25, -0.2) is 9.36 Å². The van der Waals surface area contributed by atoms with Gasteiger partial charge in [-0.3, -0.25) is 0 Å². The number of nitrogens with zero attached hydrogens (tertiary/aromatic N) is 2. The van der Waals surface area contributed by atoms with Gasteiger partial charge in [0.1, 0.15) is 11.3 Å². The molecule has 5 nitrogen and oxygen atoms in total. The molecule has 0 spiro atoms. The molecular formula is C23H15ClN2O3. The lowest BCUT2D eigenvalue weighted by Gasteiger charge is -2.09. The Bertz CT molecular complexity index is 1280. The Morgan fingerprint density at radius 2 is 1.86 bits per heavy atom. The number of hydrogen-bond donors (Lipinski definition) is 1. The fourth-order valence-electron chi connectivity index (χ4n) is 2.99. The van der Waals surface area contributed by atoms with E-state index in [4.69, 9.17) is 22.8 Å². The fraction of sp³-hybridized carbons (Fsp3) is 0.0435. The largest absolute Gasteiger partial charge is 0.478 e. The number of ether oxygens (including phenoxy) is 1. The third kappa shape index (κ3) is 3.66. The van der Waals surface area contributed by atoms with E-state index in [-0.39, 0.29) is 17.3 Å². The second kappa shape index (κ2) is 7.34. The summed E-state index contributed by atoms with van der Waals surface area (Å²) < 4.78 is 7.07. The molecule has 0 saturated heterocycles. The summed E-state index contributed by atoms with van der Waals surface area (Å²) in [5.74, 6) is -0.903. The van der Waals surface area contributed by atoms with E-state index in [9.17, 15) is 9.90 Å². The van der Waals surface area contributed by atoms with Gasteiger partial charge in [0.15, 0.2) is 0 Å². The summed E-state index contributed by atoms with van der Waals surface area (Å²) in [6.07, 6.45) is 5.53. The van der Waals surface area contributed by atoms with Crippen LogP contribution in [0.15, 0.2) is 60.7 Å². The van der Waals surface area contributed by atoms with Gasteiger partial charge in [0.25, 0.3) is 0 Å². The highest BCUT2D eigenvalue weighted by molar-refractivity contribution is 6.31. The molecule has 29 heavy (non-hydrogen) atoms. The molecule has 1 N–H and O–H groups in total. The molecule has 2 aromatic carbocycles. The molecule has 3 aromatic rings. The molecule has 0 unspecified atom stereocenters. The first-order chi connectivity index (χ1) is 14.0. The van der Waals surface area contributed by atoms with Crippen molar-refractivity contribution in [2.24, 2.45) is 0 Å². The van der Waals surface area contributed by atoms with Crippen LogP contribution in [-0.4, -0.2) is 20.6 Å². The van der Waals surface area contributed by atoms with E-state index in [1.54, 1.807) is 43.3 Å². The van der Waals surface area contributed by atoms with Gasteiger partial charge in [0, 0.05) is 11.1 Å². The number of benzene rings is 3. The second-order valence-corrected chi connectivity index (χ2v) is 6.86. The number of hydrogen-bond acceptors (Lipinski definition) is 3. The maximum atomic E-state index is 11.4. The van der Waals surface area contributed by atoms with Crippen LogP contribution in [0.1, 0.15) is 15.9 Å². The average Bonchev–Trinajstić information content (AvgIpc) is 3.13. The van der Waals surface area contributed by atoms with E-state index in [2.05, 4.69) is 35.3 Å². The number of halogens is 1. The van der Waals surface area contributed by atoms with Crippen molar-refractivity contribution >= 4 is 28.6 Å². The predicted molar refractivity (Wildman–Crippen MR) is 113 cm³/mol. The molecule has 0 bridgehead atoms. The lowest BCUT2D eigenvalue weighted by atomic mass is 10.1. The van der Waals surface area contributed by atoms with Gasteiger partial charge in [-0.1, -0.05) is 48.4 Å². The molecule has 0 atom stereocenters. The summed E-state index contributed by atoms with van der Waals surface area (Å²) >= 11 is 5.98. The summed E-state index contributed by atoms with van der Waals surface area (Å²) in [5, 5.41) is 9.88. The predicted octanol–water partition coefficient (Wildman–Crippen LogP) is 5.59. The zero-order valence-electron chi connectivity index (χ0n) is 15.4. The van der Waals surface area contributed by atoms with Crippen LogP contribution < -0.4 is 4.74 Å². The molecule has 0 fully saturated rings. The van der Waals surface area contributed by atoms with Crippen molar-refractivity contribution in [3.05, 3.63) is 76.8 Å². The number of rotatable bonds is 3. The molecule has 142 valence electrons. The summed E-state index contributed by atoms with van der Waals surface area (Å²) in [5.41, 5.74) is 4.72. The van der Waals surface area contributed by atoms with Crippen LogP contribution in [0.25, 0.3) is 22.2 Å². The Hall–Kier alpha value is -3.75. The molecule has 6 heteroatoms. The van der Waals surface area contributed by atoms with Gasteiger partial charge in [0.05, 0.1) is 11.0 Å². The lowest BCUT2D eigenvalue weighted by molar-refractivity contribution is 0.0693. The Kier molecular flexibility index (Phi) is 4.71. The Morgan fingerprint density at radius 3 is 2.45 bits per heavy atom. The third-order valence-corrected chi connectivity index (χ3v) is 4.71. The number of fused-ring (bicyclic) bond motifs is 2. The first-order valence-electron chi connectivity index (χ1n) is 8.74. The lowest BCUT2D eigenvalue weighted by Crippen LogP contribution is -2.04. The number of carbonyl (C=O) groups is 1. The van der Waals surface area contributed by atoms with Gasteiger partial charge in [-0.15, -0.1) is 0 Å². The molecule has 0 amide bonds. The minimum atomic E-state index is -1.08. The van der Waals surface area contributed by atoms with Crippen LogP contribution in [0, 0.1) is 19.4 Å². The topological polar surface area (TPSA) is 64.3 Å². The molecule has 2 aliphatic rings. The van der Waals surface area contributed by atoms with Crippen molar-refractivity contribution in [2.45, 2.75) is 6.92 Å². The normalized spacial score (nSPS) is 10.7. The maximum absolute atomic E-state index is 11.4. The van der Waals surface area contributed by atoms with Gasteiger partial charge < -0.3 is 9.84 Å². The van der Waals surface area contributed by atoms with Crippen molar-refractivity contribution in [3.63, 3.8) is 0 Å². The van der Waals surface area contributed by atoms with Crippen LogP contribution in [0.5, 0.6) is 11.8 Å². The minimum Gasteiger partial charge on any atom is -0.478 e. The zero-order chi connectivity index (χ0) is 20.5. The molecular weight excluding hydrogens is 388 g/mol. The van der Waals surface area contributed by atoms with Crippen LogP contribution in [0.3, 0.4) is 0 Å². The van der Waals surface area contributed by atoms with E-state index in [1.165, 1.54) is 15.7 Å². The highest BCUT2D eigenvalue weighted by Crippen LogP contribution is 2.33. The van der Waals surface area contributed by atoms with Crippen LogP contribution >= 0.6 is 11.6 Å². The average molecular weight is 403 g/mol. The third-order valence-electron chi connectivity index (χ3n) is 4.48. The summed E-state index contributed by atoms with van der Waals surface area (Å²) in [6, 6.07) is 21.1. The van der Waals surface area contributed by atoms with E-state index in [0.717, 1.165) is 0 Å². The summed E-state index contributed by atoms with van der Waals surface area (Å²) in [6.45, 7) is 1.69. The number of terminal acetylenes is 1. The Balaban J connectivity index is 0.000000286. The standard InChI is InChI=1S/C17H11ClN2O3.C6H4/c1-3-20-13-9-11(18)7-8-12(13)19-17(20)23-14-6-4-5-10(2)15(14)16(21)22;1-2-5-4-6(5)3-1/h1,4-9H,2H3,(H,21,22);1-4H. The number of carboxylic acids is 1. The summed E-state index contributed by atoms with van der Waals surface area (Å²) in [4.78, 5) is 15.7. The van der Waals surface area contributed by atoms with Crippen molar-refractivity contribution in [2.75, 3.05) is 0 Å². The van der Waals surface area contributed by atoms with E-state index < -0.39 is 5.97 Å². The van der Waals surface area contributed by atoms with Crippen molar-refractivity contribution in [1.29, 1.82) is 0 Å². The molecule has 1 heterocycles. The van der Waals surface area contributed by atoms with Gasteiger partial charge in [-0.05, 0) is 53.9 Å². The minimum absolute atomic E-state index is 0.0705. The SMILES string of the molecule is C#Cn1c(Oc2cccc(C)c2C(=O)O)nc2ccc(Cl)cc21.c1cc2cc-2c1. The highest BCUT2D eigenvalue weighted by Gasteiger charge is 2.18. The van der Waals surface area contributed by atoms with Crippen molar-refractivity contribution in [3.8, 4) is 35.4 Å². The molecule has 5 rings (SSSR count). The number of aromatic nitrogens is 2. The molecule has 0 aliphatic heterocycles. The molecule has 1 aromatic heterocycles. The van der Waals surface area contributed by atoms with Crippen molar-refractivity contribution in [1.82, 2.24) is 9.55 Å². The van der Waals surface area contributed by atoms with E-state index >= 15 is 0 Å². The quantitative estimate of drug-likeness (QED) is 0.399. The first kappa shape index (κ1) is 18.6. The number of imidazole rings is 1. The first-order valence-corrected chi connectivity index (χ1v) is 9.11. The van der Waals surface area contributed by atoms with Crippen molar-refractivity contribution < 1.29 is 14.6 Å². The second-order valence-electron chi connectivity index (χ2n) is 6.43. The van der Waals surface area contributed by atoms with Gasteiger partial charge >= 0.3 is 12.0 Å². The van der Waals surface area contributed by atoms with E-state index in [0.29, 0.717) is 21.6 Å². The fourth-order valence-corrected chi connectivity index (χ4v) is 3.16. The van der Waals surface area contributed by atoms with Gasteiger partial charge in [-0.2, -0.15) is 4.98 Å². The molecule has 2 aliphatic carbocycles. The molecule has 0 radical (unpaired) electrons. The summed E-state index contributed by atoms with van der Waals surface area (Å²) in [7, 11) is 0. The smallest absolute Gasteiger partial charge is 0.339 e. The number of carboxylic acid groups (broad SMARTS) is 1. The van der Waals surface area contributed by atoms with E-state index in [1.807, 2.05) is 0 Å². The van der Waals surface area contributed by atoms with Gasteiger partial charge in [0.2, 0.25) is 0 Å². The highest BCUT2D eigenvalue weighted by atomic mass is 35.5. The van der Waals surface area contributed by atoms with Crippen LogP contribution in [-0.2, 0) is 0 Å². The Labute approximate surface area is 172 Å². The molecule has 0 saturated carbocycles. The number of aryl methyl sites for hydroxylation is 1. The monoisotopic (exact) mass is 402 g/mol. The van der Waals surface area contributed by atoms with Crippen LogP contribution in [0.2, 0.25) is 5.02 Å². The Morgan fingerprint density at radius 1 is 1.14 bits per heavy atom. The number of aromatic carboxylic acids is 1. The zero-order valence-corrected chi connectivity index (χ0v) is 16.1. The maximum Gasteiger partial charge on any atom is 0.339 e. The van der Waals surface area contributed by atoms with Crippen LogP contribution in [0.4, 0.5) is 0 Å².